The van der Waals surface area contributed by atoms with Gasteiger partial charge in [-0.15, -0.1) is 5.10 Å². The summed E-state index contributed by atoms with van der Waals surface area (Å²) in [7, 11) is 0. The van der Waals surface area contributed by atoms with Crippen LogP contribution in [0.5, 0.6) is 0 Å². The monoisotopic (exact) mass is 331 g/mol. The molecule has 7 nitrogen and oxygen atoms in total. The van der Waals surface area contributed by atoms with Crippen molar-refractivity contribution in [3.05, 3.63) is 41.5 Å². The van der Waals surface area contributed by atoms with Crippen molar-refractivity contribution in [2.45, 2.75) is 19.8 Å². The van der Waals surface area contributed by atoms with Crippen molar-refractivity contribution in [1.82, 2.24) is 19.9 Å². The predicted molar refractivity (Wildman–Crippen MR) is 83.9 cm³/mol. The molecule has 2 N–H and O–H groups in total. The molecule has 0 atom stereocenters. The molecule has 0 aliphatic carbocycles. The second-order valence-corrected chi connectivity index (χ2v) is 5.95. The van der Waals surface area contributed by atoms with Crippen LogP contribution in [0.25, 0.3) is 5.69 Å². The summed E-state index contributed by atoms with van der Waals surface area (Å²) in [6, 6.07) is 4.56. The zero-order chi connectivity index (χ0) is 17.3. The molecule has 24 heavy (non-hydrogen) atoms. The number of hydrogen-bond donors (Lipinski definition) is 1. The molecule has 2 amide bonds. The number of amides is 2. The number of aromatic nitrogens is 3. The minimum Gasteiger partial charge on any atom is -0.369 e. The molecule has 1 aliphatic rings. The standard InChI is InChI=1S/C16H18FN5O2/c1-10-8-12(2-3-13(10)17)22-9-14(19-20-22)16(24)21-6-4-11(5-7-21)15(18)23/h2-3,8-9,11H,4-7H2,1H3,(H2,18,23). The first-order chi connectivity index (χ1) is 11.5. The Bertz CT molecular complexity index is 781. The van der Waals surface area contributed by atoms with E-state index in [0.29, 0.717) is 37.2 Å². The molecule has 1 saturated heterocycles. The number of likely N-dealkylation sites (tertiary alicyclic amines) is 1. The van der Waals surface area contributed by atoms with Gasteiger partial charge in [0.2, 0.25) is 5.91 Å². The van der Waals surface area contributed by atoms with Crippen LogP contribution in [0.15, 0.2) is 24.4 Å². The third kappa shape index (κ3) is 3.12. The van der Waals surface area contributed by atoms with Gasteiger partial charge in [-0.3, -0.25) is 9.59 Å². The van der Waals surface area contributed by atoms with E-state index < -0.39 is 0 Å². The van der Waals surface area contributed by atoms with E-state index in [0.717, 1.165) is 0 Å². The second kappa shape index (κ2) is 6.38. The van der Waals surface area contributed by atoms with Crippen LogP contribution in [0.4, 0.5) is 4.39 Å². The molecule has 2 heterocycles. The van der Waals surface area contributed by atoms with Gasteiger partial charge in [-0.1, -0.05) is 5.21 Å². The Kier molecular flexibility index (Phi) is 4.28. The highest BCUT2D eigenvalue weighted by atomic mass is 19.1. The number of nitrogens with zero attached hydrogens (tertiary/aromatic N) is 4. The Balaban J connectivity index is 1.72. The molecule has 0 bridgehead atoms. The smallest absolute Gasteiger partial charge is 0.276 e. The van der Waals surface area contributed by atoms with E-state index in [2.05, 4.69) is 10.3 Å². The van der Waals surface area contributed by atoms with Crippen LogP contribution in [0.2, 0.25) is 0 Å². The number of nitrogens with two attached hydrogens (primary N) is 1. The summed E-state index contributed by atoms with van der Waals surface area (Å²) in [6.07, 6.45) is 2.65. The van der Waals surface area contributed by atoms with Crippen LogP contribution in [0.1, 0.15) is 28.9 Å². The average Bonchev–Trinajstić information content (AvgIpc) is 3.07. The van der Waals surface area contributed by atoms with Gasteiger partial charge in [0.25, 0.3) is 5.91 Å². The fourth-order valence-corrected chi connectivity index (χ4v) is 2.79. The number of halogens is 1. The first-order valence-corrected chi connectivity index (χ1v) is 7.73. The van der Waals surface area contributed by atoms with Crippen molar-refractivity contribution in [1.29, 1.82) is 0 Å². The molecule has 3 rings (SSSR count). The number of piperidine rings is 1. The highest BCUT2D eigenvalue weighted by Crippen LogP contribution is 2.19. The lowest BCUT2D eigenvalue weighted by Crippen LogP contribution is -2.41. The maximum absolute atomic E-state index is 13.3. The third-order valence-electron chi connectivity index (χ3n) is 4.30. The van der Waals surface area contributed by atoms with Crippen LogP contribution in [0.3, 0.4) is 0 Å². The molecular formula is C16H18FN5O2. The van der Waals surface area contributed by atoms with Crippen LogP contribution in [-0.2, 0) is 4.79 Å². The SMILES string of the molecule is Cc1cc(-n2cc(C(=O)N3CCC(C(N)=O)CC3)nn2)ccc1F. The van der Waals surface area contributed by atoms with E-state index in [1.807, 2.05) is 0 Å². The molecule has 1 aromatic heterocycles. The Morgan fingerprint density at radius 1 is 1.29 bits per heavy atom. The van der Waals surface area contributed by atoms with Crippen molar-refractivity contribution in [2.24, 2.45) is 11.7 Å². The van der Waals surface area contributed by atoms with Gasteiger partial charge in [-0.2, -0.15) is 0 Å². The molecule has 0 saturated carbocycles. The van der Waals surface area contributed by atoms with Gasteiger partial charge < -0.3 is 10.6 Å². The lowest BCUT2D eigenvalue weighted by molar-refractivity contribution is -0.123. The summed E-state index contributed by atoms with van der Waals surface area (Å²) >= 11 is 0. The van der Waals surface area contributed by atoms with Crippen molar-refractivity contribution in [3.8, 4) is 5.69 Å². The first kappa shape index (κ1) is 16.1. The van der Waals surface area contributed by atoms with Gasteiger partial charge in [0.1, 0.15) is 5.82 Å². The van der Waals surface area contributed by atoms with Crippen molar-refractivity contribution in [2.75, 3.05) is 13.1 Å². The summed E-state index contributed by atoms with van der Waals surface area (Å²) in [5.74, 6) is -1.03. The maximum Gasteiger partial charge on any atom is 0.276 e. The van der Waals surface area contributed by atoms with Gasteiger partial charge >= 0.3 is 0 Å². The van der Waals surface area contributed by atoms with Crippen molar-refractivity contribution >= 4 is 11.8 Å². The van der Waals surface area contributed by atoms with Gasteiger partial charge in [0.15, 0.2) is 5.69 Å². The molecular weight excluding hydrogens is 313 g/mol. The third-order valence-corrected chi connectivity index (χ3v) is 4.30. The van der Waals surface area contributed by atoms with Crippen LogP contribution < -0.4 is 5.73 Å². The Morgan fingerprint density at radius 3 is 2.62 bits per heavy atom. The number of rotatable bonds is 3. The molecule has 1 aliphatic heterocycles. The minimum absolute atomic E-state index is 0.174. The van der Waals surface area contributed by atoms with Gasteiger partial charge in [-0.05, 0) is 43.5 Å². The van der Waals surface area contributed by atoms with Gasteiger partial charge in [0.05, 0.1) is 11.9 Å². The van der Waals surface area contributed by atoms with E-state index >= 15 is 0 Å². The predicted octanol–water partition coefficient (Wildman–Crippen LogP) is 1.05. The lowest BCUT2D eigenvalue weighted by atomic mass is 9.96. The Morgan fingerprint density at radius 2 is 2.00 bits per heavy atom. The van der Waals surface area contributed by atoms with E-state index in [-0.39, 0.29) is 29.2 Å². The number of carbonyl (C=O) groups excluding carboxylic acids is 2. The van der Waals surface area contributed by atoms with Crippen LogP contribution in [-0.4, -0.2) is 44.8 Å². The molecule has 1 aromatic carbocycles. The summed E-state index contributed by atoms with van der Waals surface area (Å²) < 4.78 is 14.8. The Hall–Kier alpha value is -2.77. The Labute approximate surface area is 138 Å². The van der Waals surface area contributed by atoms with Crippen molar-refractivity contribution in [3.63, 3.8) is 0 Å². The first-order valence-electron chi connectivity index (χ1n) is 7.73. The molecule has 8 heteroatoms. The van der Waals surface area contributed by atoms with E-state index in [1.54, 1.807) is 24.0 Å². The topological polar surface area (TPSA) is 94.1 Å². The second-order valence-electron chi connectivity index (χ2n) is 5.95. The zero-order valence-electron chi connectivity index (χ0n) is 13.3. The fourth-order valence-electron chi connectivity index (χ4n) is 2.79. The quantitative estimate of drug-likeness (QED) is 0.909. The molecule has 0 unspecified atom stereocenters. The number of aryl methyl sites for hydroxylation is 1. The largest absolute Gasteiger partial charge is 0.369 e. The summed E-state index contributed by atoms with van der Waals surface area (Å²) in [6.45, 7) is 2.59. The van der Waals surface area contributed by atoms with Gasteiger partial charge in [-0.25, -0.2) is 9.07 Å². The highest BCUT2D eigenvalue weighted by molar-refractivity contribution is 5.92. The van der Waals surface area contributed by atoms with Crippen LogP contribution in [0, 0.1) is 18.7 Å². The lowest BCUT2D eigenvalue weighted by Gasteiger charge is -2.29. The zero-order valence-corrected chi connectivity index (χ0v) is 13.3. The summed E-state index contributed by atoms with van der Waals surface area (Å²) in [5, 5.41) is 7.85. The summed E-state index contributed by atoms with van der Waals surface area (Å²) in [4.78, 5) is 25.3. The van der Waals surface area contributed by atoms with Crippen molar-refractivity contribution < 1.29 is 14.0 Å². The van der Waals surface area contributed by atoms with E-state index in [9.17, 15) is 14.0 Å². The minimum atomic E-state index is -0.320. The van der Waals surface area contributed by atoms with E-state index in [4.69, 9.17) is 5.73 Å². The molecule has 126 valence electrons. The molecule has 2 aromatic rings. The average molecular weight is 331 g/mol. The highest BCUT2D eigenvalue weighted by Gasteiger charge is 2.27. The maximum atomic E-state index is 13.3. The number of hydrogen-bond acceptors (Lipinski definition) is 4. The van der Waals surface area contributed by atoms with Gasteiger partial charge in [0, 0.05) is 19.0 Å². The number of carbonyl (C=O) groups is 2. The van der Waals surface area contributed by atoms with E-state index in [1.165, 1.54) is 16.9 Å². The molecule has 0 spiro atoms. The normalized spacial score (nSPS) is 15.5. The summed E-state index contributed by atoms with van der Waals surface area (Å²) in [5.41, 5.74) is 6.64. The number of benzene rings is 1. The molecule has 0 radical (unpaired) electrons. The van der Waals surface area contributed by atoms with Crippen LogP contribution >= 0.6 is 0 Å². The molecule has 1 fully saturated rings. The fraction of sp³-hybridized carbons (Fsp3) is 0.375. The number of primary amides is 1.